The number of likely N-dealkylation sites (N-methyl/N-ethyl adjacent to an activating group) is 1. The van der Waals surface area contributed by atoms with Crippen LogP contribution < -0.4 is 10.0 Å². The topological polar surface area (TPSA) is 86.9 Å². The van der Waals surface area contributed by atoms with Crippen LogP contribution in [0.15, 0.2) is 24.3 Å². The fraction of sp³-hybridized carbons (Fsp3) is 0.579. The first-order valence-electron chi connectivity index (χ1n) is 9.41. The summed E-state index contributed by atoms with van der Waals surface area (Å²) >= 11 is 0. The molecule has 1 amide bonds. The first-order valence-corrected chi connectivity index (χ1v) is 10.8. The molecule has 3 aliphatic rings. The minimum Gasteiger partial charge on any atom is -0.368 e. The highest BCUT2D eigenvalue weighted by Crippen LogP contribution is 2.49. The van der Waals surface area contributed by atoms with E-state index in [0.717, 1.165) is 19.4 Å². The molecule has 7 nitrogen and oxygen atoms in total. The Morgan fingerprint density at radius 1 is 1.22 bits per heavy atom. The summed E-state index contributed by atoms with van der Waals surface area (Å²) < 4.78 is 28.8. The highest BCUT2D eigenvalue weighted by molar-refractivity contribution is 7.90. The molecule has 2 saturated heterocycles. The van der Waals surface area contributed by atoms with Crippen LogP contribution in [0.3, 0.4) is 0 Å². The van der Waals surface area contributed by atoms with Crippen LogP contribution in [0.1, 0.15) is 31.2 Å². The van der Waals surface area contributed by atoms with Crippen molar-refractivity contribution in [3.8, 4) is 0 Å². The normalized spacial score (nSPS) is 28.9. The molecule has 1 aromatic rings. The van der Waals surface area contributed by atoms with Crippen molar-refractivity contribution in [3.63, 3.8) is 0 Å². The summed E-state index contributed by atoms with van der Waals surface area (Å²) in [6.07, 6.45) is 5.46. The van der Waals surface area contributed by atoms with Gasteiger partial charge in [0.2, 0.25) is 5.91 Å². The molecule has 0 aromatic heterocycles. The van der Waals surface area contributed by atoms with E-state index in [1.165, 1.54) is 14.2 Å². The van der Waals surface area contributed by atoms with Gasteiger partial charge in [-0.25, -0.2) is 0 Å². The maximum atomic E-state index is 13.1. The maximum Gasteiger partial charge on any atom is 0.305 e. The van der Waals surface area contributed by atoms with Crippen molar-refractivity contribution < 1.29 is 13.2 Å². The Kier molecular flexibility index (Phi) is 4.29. The lowest BCUT2D eigenvalue weighted by Gasteiger charge is -2.35. The molecular formula is C19H27N4O3S. The first kappa shape index (κ1) is 18.7. The zero-order valence-electron chi connectivity index (χ0n) is 15.9. The van der Waals surface area contributed by atoms with E-state index >= 15 is 0 Å². The van der Waals surface area contributed by atoms with E-state index in [2.05, 4.69) is 19.0 Å². The second-order valence-electron chi connectivity index (χ2n) is 8.29. The van der Waals surface area contributed by atoms with E-state index < -0.39 is 21.7 Å². The molecule has 2 N–H and O–H groups in total. The Bertz CT molecular complexity index is 848. The van der Waals surface area contributed by atoms with Crippen LogP contribution in [-0.2, 0) is 20.4 Å². The van der Waals surface area contributed by atoms with E-state index in [4.69, 9.17) is 5.73 Å². The van der Waals surface area contributed by atoms with Crippen LogP contribution in [0.5, 0.6) is 0 Å². The minimum atomic E-state index is -3.77. The van der Waals surface area contributed by atoms with Crippen molar-refractivity contribution in [3.05, 3.63) is 36.2 Å². The van der Waals surface area contributed by atoms with Gasteiger partial charge in [-0.1, -0.05) is 12.1 Å². The number of anilines is 1. The number of carbonyl (C=O) groups excluding carboxylic acids is 1. The van der Waals surface area contributed by atoms with E-state index in [1.807, 2.05) is 24.3 Å². The second-order valence-corrected chi connectivity index (χ2v) is 10.1. The molecule has 8 heteroatoms. The standard InChI is InChI=1S/C19H27N4O3S/c1-21(2)13-18(10-11-18)15-5-7-16(8-6-15)22-14-19(17(20)24)9-3-4-12-23(19)27(22,25)26/h5-9H,3-4,10-14H2,1-2H3,(H2,20,24)/t19-/m1/s1. The lowest BCUT2D eigenvalue weighted by molar-refractivity contribution is -0.125. The number of hydrogen-bond donors (Lipinski definition) is 1. The predicted octanol–water partition coefficient (Wildman–Crippen LogP) is 0.869. The number of fused-ring (bicyclic) bond motifs is 1. The monoisotopic (exact) mass is 391 g/mol. The van der Waals surface area contributed by atoms with Gasteiger partial charge in [-0.3, -0.25) is 9.10 Å². The first-order chi connectivity index (χ1) is 12.7. The fourth-order valence-corrected chi connectivity index (χ4v) is 6.54. The minimum absolute atomic E-state index is 0.0485. The number of carbonyl (C=O) groups is 1. The summed E-state index contributed by atoms with van der Waals surface area (Å²) in [6, 6.07) is 7.77. The number of nitrogens with two attached hydrogens (primary N) is 1. The van der Waals surface area contributed by atoms with Gasteiger partial charge in [0.25, 0.3) is 0 Å². The SMILES string of the molecule is CN(C)CC1(c2ccc(N3C[C@@]4(C(N)=O)[CH]CCCN4S3(=O)=O)cc2)CC1. The molecule has 0 bridgehead atoms. The van der Waals surface area contributed by atoms with Crippen LogP contribution in [0.2, 0.25) is 0 Å². The number of piperidine rings is 1. The van der Waals surface area contributed by atoms with Gasteiger partial charge < -0.3 is 10.6 Å². The van der Waals surface area contributed by atoms with Crippen LogP contribution in [0, 0.1) is 6.42 Å². The van der Waals surface area contributed by atoms with E-state index in [-0.39, 0.29) is 12.0 Å². The molecule has 27 heavy (non-hydrogen) atoms. The molecule has 4 rings (SSSR count). The summed E-state index contributed by atoms with van der Waals surface area (Å²) in [7, 11) is 0.371. The van der Waals surface area contributed by atoms with Crippen molar-refractivity contribution in [1.29, 1.82) is 0 Å². The highest BCUT2D eigenvalue weighted by Gasteiger charge is 2.59. The Morgan fingerprint density at radius 3 is 2.41 bits per heavy atom. The molecule has 0 unspecified atom stereocenters. The van der Waals surface area contributed by atoms with Crippen molar-refractivity contribution in [1.82, 2.24) is 9.21 Å². The molecule has 1 atom stereocenters. The van der Waals surface area contributed by atoms with Gasteiger partial charge in [0.15, 0.2) is 0 Å². The van der Waals surface area contributed by atoms with Crippen LogP contribution in [0.25, 0.3) is 0 Å². The quantitative estimate of drug-likeness (QED) is 0.807. The van der Waals surface area contributed by atoms with Crippen LogP contribution in [-0.4, -0.2) is 62.8 Å². The Hall–Kier alpha value is -1.64. The third-order valence-corrected chi connectivity index (χ3v) is 8.06. The van der Waals surface area contributed by atoms with Crippen molar-refractivity contribution in [2.45, 2.75) is 36.6 Å². The smallest absolute Gasteiger partial charge is 0.305 e. The molecule has 3 fully saturated rings. The summed E-state index contributed by atoms with van der Waals surface area (Å²) in [4.78, 5) is 14.4. The third kappa shape index (κ3) is 2.85. The zero-order valence-corrected chi connectivity index (χ0v) is 16.7. The van der Waals surface area contributed by atoms with Crippen LogP contribution in [0.4, 0.5) is 5.69 Å². The second kappa shape index (κ2) is 6.18. The number of primary amides is 1. The highest BCUT2D eigenvalue weighted by atomic mass is 32.2. The average Bonchev–Trinajstić information content (AvgIpc) is 3.34. The molecule has 2 heterocycles. The van der Waals surface area contributed by atoms with Gasteiger partial charge >= 0.3 is 10.2 Å². The lowest BCUT2D eigenvalue weighted by Crippen LogP contribution is -2.59. The van der Waals surface area contributed by atoms with Gasteiger partial charge in [-0.2, -0.15) is 12.7 Å². The Morgan fingerprint density at radius 2 is 1.89 bits per heavy atom. The lowest BCUT2D eigenvalue weighted by atomic mass is 9.88. The summed E-state index contributed by atoms with van der Waals surface area (Å²) in [6.45, 7) is 1.36. The molecule has 0 spiro atoms. The summed E-state index contributed by atoms with van der Waals surface area (Å²) in [5, 5.41) is 0. The van der Waals surface area contributed by atoms with Gasteiger partial charge in [0, 0.05) is 18.5 Å². The van der Waals surface area contributed by atoms with E-state index in [1.54, 1.807) is 6.42 Å². The number of nitrogens with zero attached hydrogens (tertiary/aromatic N) is 3. The summed E-state index contributed by atoms with van der Waals surface area (Å²) in [5.41, 5.74) is 6.41. The van der Waals surface area contributed by atoms with Gasteiger partial charge in [0.1, 0.15) is 5.54 Å². The van der Waals surface area contributed by atoms with Crippen LogP contribution >= 0.6 is 0 Å². The average molecular weight is 392 g/mol. The molecule has 1 radical (unpaired) electrons. The van der Waals surface area contributed by atoms with Gasteiger partial charge in [-0.05, 0) is 63.9 Å². The number of amides is 1. The number of hydrogen-bond acceptors (Lipinski definition) is 4. The van der Waals surface area contributed by atoms with Crippen molar-refractivity contribution >= 4 is 21.8 Å². The van der Waals surface area contributed by atoms with Crippen molar-refractivity contribution in [2.75, 3.05) is 38.0 Å². The van der Waals surface area contributed by atoms with Crippen molar-refractivity contribution in [2.24, 2.45) is 5.73 Å². The predicted molar refractivity (Wildman–Crippen MR) is 104 cm³/mol. The zero-order chi connectivity index (χ0) is 19.4. The Balaban J connectivity index is 1.65. The fourth-order valence-electron chi connectivity index (χ4n) is 4.56. The molecule has 1 saturated carbocycles. The molecular weight excluding hydrogens is 364 g/mol. The number of rotatable bonds is 5. The van der Waals surface area contributed by atoms with E-state index in [0.29, 0.717) is 25.1 Å². The maximum absolute atomic E-state index is 13.1. The van der Waals surface area contributed by atoms with Gasteiger partial charge in [-0.15, -0.1) is 0 Å². The van der Waals surface area contributed by atoms with Gasteiger partial charge in [0.05, 0.1) is 12.2 Å². The number of benzene rings is 1. The third-order valence-electron chi connectivity index (χ3n) is 6.10. The molecule has 147 valence electrons. The molecule has 2 aliphatic heterocycles. The molecule has 1 aromatic carbocycles. The molecule has 1 aliphatic carbocycles. The summed E-state index contributed by atoms with van der Waals surface area (Å²) in [5.74, 6) is -0.604. The Labute approximate surface area is 161 Å². The van der Waals surface area contributed by atoms with E-state index in [9.17, 15) is 13.2 Å². The largest absolute Gasteiger partial charge is 0.368 e.